The van der Waals surface area contributed by atoms with Crippen LogP contribution in [0.4, 0.5) is 0 Å². The van der Waals surface area contributed by atoms with Gasteiger partial charge < -0.3 is 0 Å². The third-order valence-electron chi connectivity index (χ3n) is 0. The third kappa shape index (κ3) is 9.66. The van der Waals surface area contributed by atoms with Crippen molar-refractivity contribution in [3.63, 3.8) is 0 Å². The fraction of sp³-hybridized carbons (Fsp3) is 0. The topological polar surface area (TPSA) is 0 Å². The molecule has 18 valence electrons. The van der Waals surface area contributed by atoms with Crippen molar-refractivity contribution in [3.8, 4) is 0 Å². The minimum absolute atomic E-state index is 0. The second-order valence-electron chi connectivity index (χ2n) is 0. The van der Waals surface area contributed by atoms with Crippen LogP contribution in [0.2, 0.25) is 0 Å². The Kier molecular flexibility index (Phi) is 92.8. The maximum absolute atomic E-state index is 0. The Hall–Kier alpha value is 4.43. The second-order valence-corrected chi connectivity index (χ2v) is 0. The first-order valence-electron chi connectivity index (χ1n) is 0. The van der Waals surface area contributed by atoms with E-state index in [1.165, 1.54) is 0 Å². The van der Waals surface area contributed by atoms with Gasteiger partial charge in [-0.25, -0.2) is 0 Å². The molecule has 4 heavy (non-hydrogen) atoms. The van der Waals surface area contributed by atoms with Crippen LogP contribution in [-0.4, -0.2) is 0 Å². The van der Waals surface area contributed by atoms with E-state index in [4.69, 9.17) is 0 Å². The van der Waals surface area contributed by atoms with Crippen LogP contribution in [0, 0.1) is 118 Å². The third-order valence-corrected chi connectivity index (χ3v) is 0. The number of rotatable bonds is 0. The van der Waals surface area contributed by atoms with E-state index in [2.05, 4.69) is 0 Å². The van der Waals surface area contributed by atoms with Crippen LogP contribution >= 0.6 is 0 Å². The van der Waals surface area contributed by atoms with Gasteiger partial charge in [-0.15, -0.1) is 0 Å². The van der Waals surface area contributed by atoms with Gasteiger partial charge in [0.2, 0.25) is 0 Å². The van der Waals surface area contributed by atoms with Gasteiger partial charge in [-0.1, -0.05) is 0 Å². The predicted octanol–water partition coefficient (Wildman–Crippen LogP) is -0.00250. The minimum Gasteiger partial charge on any atom is 0 e. The molecule has 0 aromatic heterocycles. The normalized spacial score (nSPS) is 0. The fourth-order valence-electron chi connectivity index (χ4n) is 0. The molecule has 0 aliphatic carbocycles. The van der Waals surface area contributed by atoms with Crippen LogP contribution in [0.5, 0.6) is 0 Å². The first kappa shape index (κ1) is 23.7. The van der Waals surface area contributed by atoms with Crippen LogP contribution in [0.3, 0.4) is 0 Å². The Morgan fingerprint density at radius 3 is 1.00 bits per heavy atom. The molecule has 0 aliphatic heterocycles. The molecular formula is FeLaNdPr. The van der Waals surface area contributed by atoms with Gasteiger partial charge in [-0.2, -0.15) is 0 Å². The summed E-state index contributed by atoms with van der Waals surface area (Å²) in [5.41, 5.74) is 0. The van der Waals surface area contributed by atoms with Crippen molar-refractivity contribution in [2.75, 3.05) is 0 Å². The number of hydrogen-bond donors (Lipinski definition) is 0. The molecule has 0 heterocycles. The molecule has 0 atom stereocenters. The van der Waals surface area contributed by atoms with Crippen molar-refractivity contribution < 1.29 is 135 Å². The summed E-state index contributed by atoms with van der Waals surface area (Å²) in [6, 6.07) is 0. The molecule has 0 amide bonds. The minimum atomic E-state index is 0. The van der Waals surface area contributed by atoms with E-state index in [1.54, 1.807) is 0 Å². The molecule has 0 rings (SSSR count). The predicted molar refractivity (Wildman–Crippen MR) is 0 cm³/mol. The largest absolute Gasteiger partial charge is 0 e. The van der Waals surface area contributed by atoms with Crippen LogP contribution in [-0.2, 0) is 17.1 Å². The smallest absolute Gasteiger partial charge is 0 e. The monoisotopic (exact) mass is 478 g/mol. The van der Waals surface area contributed by atoms with Crippen molar-refractivity contribution in [1.29, 1.82) is 0 Å². The summed E-state index contributed by atoms with van der Waals surface area (Å²) < 4.78 is 0. The van der Waals surface area contributed by atoms with Gasteiger partial charge in [0.1, 0.15) is 0 Å². The zero-order valence-corrected chi connectivity index (χ0v) is 13.7. The van der Waals surface area contributed by atoms with Gasteiger partial charge in [0.15, 0.2) is 0 Å². The Morgan fingerprint density at radius 1 is 1.00 bits per heavy atom. The quantitative estimate of drug-likeness (QED) is 0.429. The van der Waals surface area contributed by atoms with Crippen LogP contribution < -0.4 is 0 Å². The Morgan fingerprint density at radius 2 is 1.00 bits per heavy atom. The van der Waals surface area contributed by atoms with E-state index in [0.29, 0.717) is 0 Å². The van der Waals surface area contributed by atoms with E-state index >= 15 is 0 Å². The Bertz CT molecular complexity index is 8.00. The van der Waals surface area contributed by atoms with Crippen LogP contribution in [0.1, 0.15) is 0 Å². The maximum Gasteiger partial charge on any atom is 0 e. The summed E-state index contributed by atoms with van der Waals surface area (Å²) in [6.45, 7) is 0. The zero-order chi connectivity index (χ0) is 0. The summed E-state index contributed by atoms with van der Waals surface area (Å²) in [7, 11) is 0. The van der Waals surface area contributed by atoms with Gasteiger partial charge in [-0.05, 0) is 0 Å². The summed E-state index contributed by atoms with van der Waals surface area (Å²) >= 11 is 0. The molecule has 2 radical (unpaired) electrons. The van der Waals surface area contributed by atoms with Gasteiger partial charge in [0, 0.05) is 135 Å². The molecule has 0 unspecified atom stereocenters. The molecule has 0 spiro atoms. The summed E-state index contributed by atoms with van der Waals surface area (Å²) in [6.07, 6.45) is 0. The van der Waals surface area contributed by atoms with Crippen molar-refractivity contribution in [3.05, 3.63) is 0 Å². The zero-order valence-electron chi connectivity index (χ0n) is 2.01. The van der Waals surface area contributed by atoms with E-state index in [9.17, 15) is 0 Å². The molecule has 0 nitrogen and oxygen atoms in total. The first-order valence-corrected chi connectivity index (χ1v) is 0. The molecule has 4 heteroatoms. The van der Waals surface area contributed by atoms with Crippen molar-refractivity contribution in [2.24, 2.45) is 0 Å². The van der Waals surface area contributed by atoms with Crippen LogP contribution in [0.25, 0.3) is 0 Å². The molecule has 0 saturated heterocycles. The van der Waals surface area contributed by atoms with Crippen molar-refractivity contribution >= 4 is 0 Å². The van der Waals surface area contributed by atoms with Crippen molar-refractivity contribution in [1.82, 2.24) is 0 Å². The second kappa shape index (κ2) is 15.7. The SMILES string of the molecule is [Fe].[La].[Nd].[Pr]. The molecule has 0 aromatic carbocycles. The summed E-state index contributed by atoms with van der Waals surface area (Å²) in [5.74, 6) is 0. The van der Waals surface area contributed by atoms with E-state index in [-0.39, 0.29) is 135 Å². The van der Waals surface area contributed by atoms with E-state index in [0.717, 1.165) is 0 Å². The van der Waals surface area contributed by atoms with Crippen LogP contribution in [0.15, 0.2) is 0 Å². The fourth-order valence-corrected chi connectivity index (χ4v) is 0. The van der Waals surface area contributed by atoms with Gasteiger partial charge in [0.25, 0.3) is 0 Å². The van der Waals surface area contributed by atoms with Gasteiger partial charge >= 0.3 is 0 Å². The number of hydrogen-bond acceptors (Lipinski definition) is 0. The Balaban J connectivity index is 0. The molecule has 0 aromatic rings. The molecule has 0 aliphatic rings. The first-order chi connectivity index (χ1) is 0. The molecule has 0 N–H and O–H groups in total. The molecule has 0 saturated carbocycles. The Labute approximate surface area is 131 Å². The van der Waals surface area contributed by atoms with Crippen molar-refractivity contribution in [2.45, 2.75) is 0 Å². The summed E-state index contributed by atoms with van der Waals surface area (Å²) in [5, 5.41) is 0. The molecule has 0 bridgehead atoms. The maximum atomic E-state index is 0. The summed E-state index contributed by atoms with van der Waals surface area (Å²) in [4.78, 5) is 0. The molecular weight excluding hydrogens is 480 g/mol. The molecule has 0 fully saturated rings. The van der Waals surface area contributed by atoms with Gasteiger partial charge in [0.05, 0.1) is 0 Å². The average molecular weight is 480 g/mol. The van der Waals surface area contributed by atoms with E-state index < -0.39 is 0 Å². The average Bonchev–Trinajstić information content (AvgIpc) is 0. The van der Waals surface area contributed by atoms with Gasteiger partial charge in [-0.3, -0.25) is 0 Å². The standard InChI is InChI=1S/Fe.La.Nd.Pr. The van der Waals surface area contributed by atoms with E-state index in [1.807, 2.05) is 0 Å².